The maximum Gasteiger partial charge on any atom is 0.230 e. The van der Waals surface area contributed by atoms with Crippen LogP contribution in [0.4, 0.5) is 15.8 Å². The molecule has 1 saturated heterocycles. The van der Waals surface area contributed by atoms with Gasteiger partial charge in [0, 0.05) is 29.7 Å². The van der Waals surface area contributed by atoms with E-state index < -0.39 is 0 Å². The molecule has 1 fully saturated rings. The van der Waals surface area contributed by atoms with Gasteiger partial charge in [0.1, 0.15) is 10.8 Å². The highest BCUT2D eigenvalue weighted by atomic mass is 35.5. The molecule has 150 valence electrons. The first-order chi connectivity index (χ1) is 14.1. The second kappa shape index (κ2) is 8.90. The lowest BCUT2D eigenvalue weighted by Gasteiger charge is -2.29. The number of carbonyl (C=O) groups excluding carboxylic acids is 1. The summed E-state index contributed by atoms with van der Waals surface area (Å²) in [4.78, 5) is 18.8. The average molecular weight is 432 g/mol. The predicted octanol–water partition coefficient (Wildman–Crippen LogP) is 4.62. The molecule has 1 aliphatic heterocycles. The van der Waals surface area contributed by atoms with Gasteiger partial charge >= 0.3 is 0 Å². The molecule has 5 nitrogen and oxygen atoms in total. The fourth-order valence-corrected chi connectivity index (χ4v) is 4.30. The SMILES string of the molecule is O=C(Cc1csc(-c2ccccc2Cl)n1)Nc1ccc(N2CCOCC2)c(F)c1. The quantitative estimate of drug-likeness (QED) is 0.640. The van der Waals surface area contributed by atoms with Crippen molar-refractivity contribution in [2.45, 2.75) is 6.42 Å². The van der Waals surface area contributed by atoms with Gasteiger partial charge in [-0.15, -0.1) is 11.3 Å². The Kier molecular flexibility index (Phi) is 6.08. The molecule has 2 aromatic carbocycles. The zero-order valence-corrected chi connectivity index (χ0v) is 17.1. The van der Waals surface area contributed by atoms with Gasteiger partial charge in [0.2, 0.25) is 5.91 Å². The van der Waals surface area contributed by atoms with Crippen LogP contribution in [0.1, 0.15) is 5.69 Å². The molecule has 2 heterocycles. The minimum atomic E-state index is -0.362. The summed E-state index contributed by atoms with van der Waals surface area (Å²) in [7, 11) is 0. The van der Waals surface area contributed by atoms with E-state index in [1.165, 1.54) is 17.4 Å². The van der Waals surface area contributed by atoms with Crippen LogP contribution >= 0.6 is 22.9 Å². The van der Waals surface area contributed by atoms with Crippen LogP contribution in [0.25, 0.3) is 10.6 Å². The molecule has 0 spiro atoms. The van der Waals surface area contributed by atoms with Gasteiger partial charge in [-0.3, -0.25) is 4.79 Å². The maximum absolute atomic E-state index is 14.5. The number of carbonyl (C=O) groups is 1. The second-order valence-corrected chi connectivity index (χ2v) is 7.88. The number of rotatable bonds is 5. The number of anilines is 2. The summed E-state index contributed by atoms with van der Waals surface area (Å²) in [6.07, 6.45) is 0.105. The molecule has 1 aliphatic rings. The smallest absolute Gasteiger partial charge is 0.230 e. The van der Waals surface area contributed by atoms with E-state index in [0.29, 0.717) is 48.4 Å². The summed E-state index contributed by atoms with van der Waals surface area (Å²) >= 11 is 7.64. The number of ether oxygens (including phenoxy) is 1. The van der Waals surface area contributed by atoms with Gasteiger partial charge in [0.05, 0.1) is 36.0 Å². The number of morpholine rings is 1. The lowest BCUT2D eigenvalue weighted by atomic mass is 10.2. The number of benzene rings is 2. The van der Waals surface area contributed by atoms with E-state index in [1.54, 1.807) is 18.2 Å². The molecule has 1 aromatic heterocycles. The first-order valence-corrected chi connectivity index (χ1v) is 10.5. The normalized spacial score (nSPS) is 14.1. The first kappa shape index (κ1) is 19.8. The Hall–Kier alpha value is -2.48. The van der Waals surface area contributed by atoms with Crippen LogP contribution in [-0.2, 0) is 16.0 Å². The van der Waals surface area contributed by atoms with Gasteiger partial charge in [0.25, 0.3) is 0 Å². The van der Waals surface area contributed by atoms with Crippen LogP contribution in [0.15, 0.2) is 47.8 Å². The van der Waals surface area contributed by atoms with Gasteiger partial charge in [0.15, 0.2) is 0 Å². The molecule has 3 aromatic rings. The molecule has 8 heteroatoms. The fraction of sp³-hybridized carbons (Fsp3) is 0.238. The zero-order chi connectivity index (χ0) is 20.2. The largest absolute Gasteiger partial charge is 0.378 e. The highest BCUT2D eigenvalue weighted by molar-refractivity contribution is 7.13. The molecule has 0 aliphatic carbocycles. The van der Waals surface area contributed by atoms with Crippen LogP contribution in [0.5, 0.6) is 0 Å². The van der Waals surface area contributed by atoms with Crippen molar-refractivity contribution < 1.29 is 13.9 Å². The minimum absolute atomic E-state index is 0.105. The van der Waals surface area contributed by atoms with Crippen molar-refractivity contribution in [1.82, 2.24) is 4.98 Å². The number of thiazole rings is 1. The van der Waals surface area contributed by atoms with Crippen molar-refractivity contribution >= 4 is 40.2 Å². The summed E-state index contributed by atoms with van der Waals surface area (Å²) in [6, 6.07) is 12.2. The third-order valence-corrected chi connectivity index (χ3v) is 5.83. The Morgan fingerprint density at radius 1 is 1.24 bits per heavy atom. The van der Waals surface area contributed by atoms with Gasteiger partial charge in [-0.2, -0.15) is 0 Å². The van der Waals surface area contributed by atoms with E-state index in [4.69, 9.17) is 16.3 Å². The Balaban J connectivity index is 1.40. The fourth-order valence-electron chi connectivity index (χ4n) is 3.16. The molecule has 29 heavy (non-hydrogen) atoms. The van der Waals surface area contributed by atoms with Crippen molar-refractivity contribution in [2.24, 2.45) is 0 Å². The lowest BCUT2D eigenvalue weighted by molar-refractivity contribution is -0.115. The Morgan fingerprint density at radius 3 is 2.79 bits per heavy atom. The molecule has 0 atom stereocenters. The molecule has 0 saturated carbocycles. The Morgan fingerprint density at radius 2 is 2.03 bits per heavy atom. The van der Waals surface area contributed by atoms with Crippen LogP contribution in [0, 0.1) is 5.82 Å². The monoisotopic (exact) mass is 431 g/mol. The maximum atomic E-state index is 14.5. The Bertz CT molecular complexity index is 1020. The first-order valence-electron chi connectivity index (χ1n) is 9.21. The molecule has 0 radical (unpaired) electrons. The van der Waals surface area contributed by atoms with E-state index in [-0.39, 0.29) is 18.1 Å². The van der Waals surface area contributed by atoms with Gasteiger partial charge < -0.3 is 15.0 Å². The standard InChI is InChI=1S/C21H19ClFN3O2S/c22-17-4-2-1-3-16(17)21-25-15(13-29-21)12-20(27)24-14-5-6-19(18(23)11-14)26-7-9-28-10-8-26/h1-6,11,13H,7-10,12H2,(H,24,27). The van der Waals surface area contributed by atoms with E-state index >= 15 is 0 Å². The molecule has 0 bridgehead atoms. The van der Waals surface area contributed by atoms with Gasteiger partial charge in [-0.1, -0.05) is 29.8 Å². The van der Waals surface area contributed by atoms with E-state index in [9.17, 15) is 9.18 Å². The van der Waals surface area contributed by atoms with Crippen LogP contribution < -0.4 is 10.2 Å². The van der Waals surface area contributed by atoms with Gasteiger partial charge in [-0.05, 0) is 24.3 Å². The number of aromatic nitrogens is 1. The minimum Gasteiger partial charge on any atom is -0.378 e. The van der Waals surface area contributed by atoms with Crippen molar-refractivity contribution in [3.8, 4) is 10.6 Å². The summed E-state index contributed by atoms with van der Waals surface area (Å²) < 4.78 is 19.8. The predicted molar refractivity (Wildman–Crippen MR) is 114 cm³/mol. The van der Waals surface area contributed by atoms with Gasteiger partial charge in [-0.25, -0.2) is 9.37 Å². The number of hydrogen-bond acceptors (Lipinski definition) is 5. The average Bonchev–Trinajstić information content (AvgIpc) is 3.17. The highest BCUT2D eigenvalue weighted by Gasteiger charge is 2.16. The summed E-state index contributed by atoms with van der Waals surface area (Å²) in [5.41, 5.74) is 2.43. The number of amides is 1. The number of nitrogens with one attached hydrogen (secondary N) is 1. The highest BCUT2D eigenvalue weighted by Crippen LogP contribution is 2.30. The van der Waals surface area contributed by atoms with Crippen molar-refractivity contribution in [3.05, 3.63) is 64.4 Å². The summed E-state index contributed by atoms with van der Waals surface area (Å²) in [5.74, 6) is -0.612. The van der Waals surface area contributed by atoms with Crippen LogP contribution in [0.3, 0.4) is 0 Å². The molecular weight excluding hydrogens is 413 g/mol. The van der Waals surface area contributed by atoms with E-state index in [0.717, 1.165) is 10.6 Å². The second-order valence-electron chi connectivity index (χ2n) is 6.61. The Labute approximate surface area is 177 Å². The van der Waals surface area contributed by atoms with Crippen LogP contribution in [0.2, 0.25) is 5.02 Å². The topological polar surface area (TPSA) is 54.5 Å². The van der Waals surface area contributed by atoms with Crippen LogP contribution in [-0.4, -0.2) is 37.2 Å². The summed E-state index contributed by atoms with van der Waals surface area (Å²) in [6.45, 7) is 2.48. The lowest BCUT2D eigenvalue weighted by Crippen LogP contribution is -2.36. The summed E-state index contributed by atoms with van der Waals surface area (Å²) in [5, 5.41) is 5.95. The van der Waals surface area contributed by atoms with Crippen molar-refractivity contribution in [2.75, 3.05) is 36.5 Å². The molecule has 4 rings (SSSR count). The van der Waals surface area contributed by atoms with E-state index in [2.05, 4.69) is 10.3 Å². The third-order valence-electron chi connectivity index (χ3n) is 4.58. The van der Waals surface area contributed by atoms with Crippen molar-refractivity contribution in [1.29, 1.82) is 0 Å². The number of nitrogens with zero attached hydrogens (tertiary/aromatic N) is 2. The van der Waals surface area contributed by atoms with Crippen molar-refractivity contribution in [3.63, 3.8) is 0 Å². The molecular formula is C21H19ClFN3O2S. The third kappa shape index (κ3) is 4.75. The molecule has 0 unspecified atom stereocenters. The molecule has 1 N–H and O–H groups in total. The zero-order valence-electron chi connectivity index (χ0n) is 15.5. The van der Waals surface area contributed by atoms with E-state index in [1.807, 2.05) is 28.5 Å². The number of halogens is 2. The number of hydrogen-bond donors (Lipinski definition) is 1. The molecule has 1 amide bonds.